The summed E-state index contributed by atoms with van der Waals surface area (Å²) in [7, 11) is -5.19. The van der Waals surface area contributed by atoms with Crippen LogP contribution < -0.4 is 10.0 Å². The van der Waals surface area contributed by atoms with Crippen LogP contribution in [0.2, 0.25) is 0 Å². The fourth-order valence-electron chi connectivity index (χ4n) is 5.59. The van der Waals surface area contributed by atoms with Crippen LogP contribution in [0.15, 0.2) is 29.2 Å². The predicted octanol–water partition coefficient (Wildman–Crippen LogP) is 6.20. The van der Waals surface area contributed by atoms with Crippen molar-refractivity contribution in [1.82, 2.24) is 14.6 Å². The molecule has 1 atom stereocenters. The van der Waals surface area contributed by atoms with Gasteiger partial charge in [-0.15, -0.1) is 0 Å². The van der Waals surface area contributed by atoms with E-state index in [1.54, 1.807) is 11.5 Å². The number of ether oxygens (including phenoxy) is 1. The minimum absolute atomic E-state index is 0.00540. The molecular formula is C28H35F6N3O4S. The van der Waals surface area contributed by atoms with Crippen LogP contribution in [0.25, 0.3) is 11.3 Å². The molecule has 1 aliphatic heterocycles. The van der Waals surface area contributed by atoms with Crippen LogP contribution in [0.4, 0.5) is 26.3 Å². The number of amides is 1. The highest BCUT2D eigenvalue weighted by Gasteiger charge is 2.42. The number of hydrogen-bond donors (Lipinski definition) is 2. The molecule has 2 fully saturated rings. The first-order valence-electron chi connectivity index (χ1n) is 14.0. The second-order valence-electron chi connectivity index (χ2n) is 11.1. The molecule has 0 spiro atoms. The van der Waals surface area contributed by atoms with E-state index in [0.717, 1.165) is 38.2 Å². The van der Waals surface area contributed by atoms with Crippen molar-refractivity contribution in [3.8, 4) is 11.3 Å². The van der Waals surface area contributed by atoms with Gasteiger partial charge in [0.15, 0.2) is 0 Å². The number of halogens is 6. The molecule has 2 N–H and O–H groups in total. The number of nitrogens with zero attached hydrogens (tertiary/aromatic N) is 1. The largest absolute Gasteiger partial charge is 0.417 e. The van der Waals surface area contributed by atoms with E-state index in [1.807, 2.05) is 0 Å². The number of sulfonamides is 1. The number of aromatic nitrogens is 1. The van der Waals surface area contributed by atoms with Crippen molar-refractivity contribution in [2.45, 2.75) is 94.7 Å². The zero-order chi connectivity index (χ0) is 30.9. The van der Waals surface area contributed by atoms with Gasteiger partial charge >= 0.3 is 12.4 Å². The third-order valence-corrected chi connectivity index (χ3v) is 9.63. The maximum absolute atomic E-state index is 14.2. The van der Waals surface area contributed by atoms with Crippen molar-refractivity contribution in [2.75, 3.05) is 13.2 Å². The summed E-state index contributed by atoms with van der Waals surface area (Å²) in [5.41, 5.74) is -0.460. The highest BCUT2D eigenvalue weighted by Crippen LogP contribution is 2.39. The standard InChI is InChI=1S/C28H35F6N3O4S/c1-17-22(26(38)35-21-10-12-41-13-11-21)15-24(37(17)16-19-6-4-3-5-7-19)20-8-9-25(23(14-20)28(32,33)34)42(39,40)36-18(2)27(29,30)31/h8-9,14-15,18-19,21,36H,3-7,10-13,16H2,1-2H3,(H,35,38)/t18-/m0/s1. The van der Waals surface area contributed by atoms with E-state index in [1.165, 1.54) is 10.8 Å². The predicted molar refractivity (Wildman–Crippen MR) is 143 cm³/mol. The summed E-state index contributed by atoms with van der Waals surface area (Å²) in [6.07, 6.45) is -3.94. The highest BCUT2D eigenvalue weighted by molar-refractivity contribution is 7.89. The van der Waals surface area contributed by atoms with E-state index in [9.17, 15) is 39.6 Å². The fourth-order valence-corrected chi connectivity index (χ4v) is 7.03. The summed E-state index contributed by atoms with van der Waals surface area (Å²) >= 11 is 0. The van der Waals surface area contributed by atoms with Crippen LogP contribution in [-0.4, -0.2) is 50.4 Å². The first-order chi connectivity index (χ1) is 19.6. The highest BCUT2D eigenvalue weighted by atomic mass is 32.2. The third kappa shape index (κ3) is 7.49. The number of carbonyl (C=O) groups is 1. The van der Waals surface area contributed by atoms with Gasteiger partial charge in [0.25, 0.3) is 5.91 Å². The van der Waals surface area contributed by atoms with Gasteiger partial charge in [0.05, 0.1) is 16.0 Å². The molecule has 2 aromatic rings. The third-order valence-electron chi connectivity index (χ3n) is 8.03. The number of carbonyl (C=O) groups excluding carboxylic acids is 1. The van der Waals surface area contributed by atoms with Crippen molar-refractivity contribution in [1.29, 1.82) is 0 Å². The Kier molecular flexibility index (Phi) is 9.68. The number of benzene rings is 1. The quantitative estimate of drug-likeness (QED) is 0.343. The lowest BCUT2D eigenvalue weighted by Gasteiger charge is -2.25. The van der Waals surface area contributed by atoms with Gasteiger partial charge in [-0.3, -0.25) is 4.79 Å². The van der Waals surface area contributed by atoms with Crippen molar-refractivity contribution >= 4 is 15.9 Å². The maximum atomic E-state index is 14.2. The Balaban J connectivity index is 1.77. The Morgan fingerprint density at radius 3 is 2.26 bits per heavy atom. The van der Waals surface area contributed by atoms with Crippen LogP contribution in [0.3, 0.4) is 0 Å². The monoisotopic (exact) mass is 623 g/mol. The molecular weight excluding hydrogens is 588 g/mol. The molecule has 2 aliphatic rings. The average Bonchev–Trinajstić information content (AvgIpc) is 3.24. The molecule has 14 heteroatoms. The molecule has 1 saturated carbocycles. The molecule has 42 heavy (non-hydrogen) atoms. The summed E-state index contributed by atoms with van der Waals surface area (Å²) in [6.45, 7) is 3.69. The molecule has 7 nitrogen and oxygen atoms in total. The summed E-state index contributed by atoms with van der Waals surface area (Å²) in [5, 5.41) is 2.97. The van der Waals surface area contributed by atoms with E-state index in [2.05, 4.69) is 5.32 Å². The van der Waals surface area contributed by atoms with Crippen LogP contribution >= 0.6 is 0 Å². The second-order valence-corrected chi connectivity index (χ2v) is 12.8. The SMILES string of the molecule is Cc1c(C(=O)NC2CCOCC2)cc(-c2ccc(S(=O)(=O)N[C@@H](C)C(F)(F)F)c(C(F)(F)F)c2)n1CC1CCCCC1. The van der Waals surface area contributed by atoms with Crippen LogP contribution in [-0.2, 0) is 27.5 Å². The fraction of sp³-hybridized carbons (Fsp3) is 0.607. The van der Waals surface area contributed by atoms with Gasteiger partial charge in [0.2, 0.25) is 10.0 Å². The molecule has 1 saturated heterocycles. The van der Waals surface area contributed by atoms with E-state index >= 15 is 0 Å². The lowest BCUT2D eigenvalue weighted by atomic mass is 9.89. The van der Waals surface area contributed by atoms with E-state index in [-0.39, 0.29) is 23.4 Å². The average molecular weight is 624 g/mol. The summed E-state index contributed by atoms with van der Waals surface area (Å²) in [6, 6.07) is 1.21. The van der Waals surface area contributed by atoms with Crippen LogP contribution in [0.1, 0.15) is 73.5 Å². The molecule has 0 radical (unpaired) electrons. The van der Waals surface area contributed by atoms with Gasteiger partial charge in [-0.25, -0.2) is 8.42 Å². The molecule has 4 rings (SSSR count). The Hall–Kier alpha value is -2.58. The Labute approximate surface area is 241 Å². The summed E-state index contributed by atoms with van der Waals surface area (Å²) in [4.78, 5) is 12.0. The Morgan fingerprint density at radius 1 is 1.02 bits per heavy atom. The molecule has 0 bridgehead atoms. The topological polar surface area (TPSA) is 89.4 Å². The Bertz CT molecular complexity index is 1380. The number of hydrogen-bond acceptors (Lipinski definition) is 4. The molecule has 234 valence electrons. The number of rotatable bonds is 8. The molecule has 1 aromatic heterocycles. The number of alkyl halides is 6. The first kappa shape index (κ1) is 32.3. The zero-order valence-corrected chi connectivity index (χ0v) is 24.2. The van der Waals surface area contributed by atoms with Crippen LogP contribution in [0, 0.1) is 12.8 Å². The lowest BCUT2D eigenvalue weighted by Crippen LogP contribution is -2.43. The minimum atomic E-state index is -5.19. The molecule has 1 amide bonds. The van der Waals surface area contributed by atoms with Crippen molar-refractivity contribution in [3.63, 3.8) is 0 Å². The maximum Gasteiger partial charge on any atom is 0.417 e. The van der Waals surface area contributed by atoms with Gasteiger partial charge in [-0.05, 0) is 69.2 Å². The molecule has 0 unspecified atom stereocenters. The smallest absolute Gasteiger partial charge is 0.381 e. The van der Waals surface area contributed by atoms with Crippen LogP contribution in [0.5, 0.6) is 0 Å². The second kappa shape index (κ2) is 12.6. The summed E-state index contributed by atoms with van der Waals surface area (Å²) < 4.78 is 115. The van der Waals surface area contributed by atoms with Crippen molar-refractivity contribution < 1.29 is 44.3 Å². The van der Waals surface area contributed by atoms with Gasteiger partial charge in [0, 0.05) is 37.2 Å². The molecule has 1 aromatic carbocycles. The zero-order valence-electron chi connectivity index (χ0n) is 23.4. The molecule has 1 aliphatic carbocycles. The van der Waals surface area contributed by atoms with E-state index < -0.39 is 38.9 Å². The minimum Gasteiger partial charge on any atom is -0.381 e. The first-order valence-corrected chi connectivity index (χ1v) is 15.5. The lowest BCUT2D eigenvalue weighted by molar-refractivity contribution is -0.147. The Morgan fingerprint density at radius 2 is 1.67 bits per heavy atom. The van der Waals surface area contributed by atoms with E-state index in [0.29, 0.717) is 68.6 Å². The van der Waals surface area contributed by atoms with E-state index in [4.69, 9.17) is 4.74 Å². The summed E-state index contributed by atoms with van der Waals surface area (Å²) in [5.74, 6) is -0.131. The normalized spacial score (nSPS) is 18.7. The van der Waals surface area contributed by atoms with Gasteiger partial charge in [0.1, 0.15) is 6.04 Å². The van der Waals surface area contributed by atoms with Gasteiger partial charge < -0.3 is 14.6 Å². The number of nitrogens with one attached hydrogen (secondary N) is 2. The van der Waals surface area contributed by atoms with Crippen molar-refractivity contribution in [2.24, 2.45) is 5.92 Å². The molecule has 2 heterocycles. The van der Waals surface area contributed by atoms with Gasteiger partial charge in [-0.1, -0.05) is 25.3 Å². The van der Waals surface area contributed by atoms with Crippen molar-refractivity contribution in [3.05, 3.63) is 41.1 Å². The van der Waals surface area contributed by atoms with Gasteiger partial charge in [-0.2, -0.15) is 31.1 Å².